The fourth-order valence-electron chi connectivity index (χ4n) is 3.58. The highest BCUT2D eigenvalue weighted by Gasteiger charge is 2.25. The number of carbonyl (C=O) groups excluding carboxylic acids is 1. The first-order valence-corrected chi connectivity index (χ1v) is 10.2. The van der Waals surface area contributed by atoms with Gasteiger partial charge in [-0.2, -0.15) is 0 Å². The van der Waals surface area contributed by atoms with Crippen LogP contribution in [0.4, 0.5) is 5.82 Å². The van der Waals surface area contributed by atoms with E-state index in [0.29, 0.717) is 18.0 Å². The van der Waals surface area contributed by atoms with Crippen molar-refractivity contribution < 1.29 is 4.79 Å². The van der Waals surface area contributed by atoms with Gasteiger partial charge in [-0.05, 0) is 38.3 Å². The third kappa shape index (κ3) is 5.48. The van der Waals surface area contributed by atoms with Crippen LogP contribution in [-0.2, 0) is 4.79 Å². The summed E-state index contributed by atoms with van der Waals surface area (Å²) in [5.74, 6) is 1.82. The molecule has 0 bridgehead atoms. The number of amides is 1. The Balaban J connectivity index is 1.50. The van der Waals surface area contributed by atoms with E-state index in [0.717, 1.165) is 63.8 Å². The van der Waals surface area contributed by atoms with Crippen LogP contribution in [0.2, 0.25) is 5.02 Å². The highest BCUT2D eigenvalue weighted by molar-refractivity contribution is 6.32. The number of aliphatic imine (C=N–C) groups is 1. The Bertz CT molecular complexity index is 661. The number of carbonyl (C=O) groups is 1. The van der Waals surface area contributed by atoms with Crippen molar-refractivity contribution >= 4 is 29.3 Å². The number of hydrogen-bond acceptors (Lipinski definition) is 4. The molecule has 2 fully saturated rings. The third-order valence-corrected chi connectivity index (χ3v) is 5.26. The van der Waals surface area contributed by atoms with Crippen LogP contribution >= 0.6 is 11.6 Å². The quantitative estimate of drug-likeness (QED) is 0.571. The molecule has 1 aromatic heterocycles. The van der Waals surface area contributed by atoms with Crippen LogP contribution < -0.4 is 15.5 Å². The van der Waals surface area contributed by atoms with E-state index in [1.807, 2.05) is 24.0 Å². The van der Waals surface area contributed by atoms with Crippen molar-refractivity contribution in [3.8, 4) is 0 Å². The summed E-state index contributed by atoms with van der Waals surface area (Å²) in [4.78, 5) is 25.3. The van der Waals surface area contributed by atoms with Gasteiger partial charge in [0.1, 0.15) is 5.82 Å². The van der Waals surface area contributed by atoms with Gasteiger partial charge in [0.15, 0.2) is 5.96 Å². The van der Waals surface area contributed by atoms with E-state index in [4.69, 9.17) is 11.6 Å². The van der Waals surface area contributed by atoms with Crippen LogP contribution in [0.25, 0.3) is 0 Å². The molecule has 0 aliphatic carbocycles. The third-order valence-electron chi connectivity index (χ3n) is 4.97. The van der Waals surface area contributed by atoms with Gasteiger partial charge >= 0.3 is 0 Å². The number of rotatable bonds is 6. The first kappa shape index (κ1) is 19.7. The Morgan fingerprint density at radius 3 is 2.93 bits per heavy atom. The molecular weight excluding hydrogens is 364 g/mol. The van der Waals surface area contributed by atoms with Crippen molar-refractivity contribution in [2.45, 2.75) is 38.6 Å². The predicted octanol–water partition coefficient (Wildman–Crippen LogP) is 1.88. The molecule has 3 rings (SSSR count). The normalized spacial score (nSPS) is 20.2. The van der Waals surface area contributed by atoms with Crippen molar-refractivity contribution in [3.05, 3.63) is 23.4 Å². The van der Waals surface area contributed by atoms with E-state index in [2.05, 4.69) is 25.5 Å². The zero-order chi connectivity index (χ0) is 19.1. The van der Waals surface area contributed by atoms with Gasteiger partial charge in [-0.3, -0.25) is 9.79 Å². The van der Waals surface area contributed by atoms with E-state index in [-0.39, 0.29) is 11.9 Å². The summed E-state index contributed by atoms with van der Waals surface area (Å²) in [7, 11) is 0. The van der Waals surface area contributed by atoms with Crippen LogP contribution in [0, 0.1) is 0 Å². The van der Waals surface area contributed by atoms with Crippen molar-refractivity contribution in [1.82, 2.24) is 20.5 Å². The van der Waals surface area contributed by atoms with Gasteiger partial charge in [-0.25, -0.2) is 4.98 Å². The van der Waals surface area contributed by atoms with E-state index < -0.39 is 0 Å². The number of nitrogens with one attached hydrogen (secondary N) is 2. The maximum absolute atomic E-state index is 12.2. The van der Waals surface area contributed by atoms with E-state index >= 15 is 0 Å². The maximum Gasteiger partial charge on any atom is 0.224 e. The lowest BCUT2D eigenvalue weighted by atomic mass is 10.3. The van der Waals surface area contributed by atoms with Gasteiger partial charge in [-0.1, -0.05) is 11.6 Å². The lowest BCUT2D eigenvalue weighted by Crippen LogP contribution is -2.44. The van der Waals surface area contributed by atoms with Crippen LogP contribution in [0.5, 0.6) is 0 Å². The lowest BCUT2D eigenvalue weighted by Gasteiger charge is -2.20. The maximum atomic E-state index is 12.2. The second-order valence-corrected chi connectivity index (χ2v) is 7.39. The molecule has 1 atom stereocenters. The molecule has 148 valence electrons. The summed E-state index contributed by atoms with van der Waals surface area (Å²) >= 11 is 6.26. The molecule has 2 aliphatic rings. The fourth-order valence-corrected chi connectivity index (χ4v) is 3.82. The Labute approximate surface area is 166 Å². The van der Waals surface area contributed by atoms with Gasteiger partial charge < -0.3 is 20.4 Å². The molecule has 8 heteroatoms. The van der Waals surface area contributed by atoms with Gasteiger partial charge in [0.2, 0.25) is 5.91 Å². The zero-order valence-electron chi connectivity index (χ0n) is 16.0. The Hall–Kier alpha value is -2.02. The van der Waals surface area contributed by atoms with Gasteiger partial charge in [-0.15, -0.1) is 0 Å². The lowest BCUT2D eigenvalue weighted by molar-refractivity contribution is -0.129. The number of guanidine groups is 1. The van der Waals surface area contributed by atoms with Crippen LogP contribution in [0.3, 0.4) is 0 Å². The first-order valence-electron chi connectivity index (χ1n) is 9.85. The highest BCUT2D eigenvalue weighted by atomic mass is 35.5. The monoisotopic (exact) mass is 392 g/mol. The zero-order valence-corrected chi connectivity index (χ0v) is 16.7. The molecule has 2 aliphatic heterocycles. The summed E-state index contributed by atoms with van der Waals surface area (Å²) in [6.07, 6.45) is 5.47. The highest BCUT2D eigenvalue weighted by Crippen LogP contribution is 2.25. The second-order valence-electron chi connectivity index (χ2n) is 6.98. The minimum absolute atomic E-state index is 0.212. The fraction of sp³-hybridized carbons (Fsp3) is 0.632. The second kappa shape index (κ2) is 9.78. The summed E-state index contributed by atoms with van der Waals surface area (Å²) in [5.41, 5.74) is 0. The molecular formula is C19H29ClN6O. The van der Waals surface area contributed by atoms with Crippen molar-refractivity contribution in [1.29, 1.82) is 0 Å². The summed E-state index contributed by atoms with van der Waals surface area (Å²) in [6.45, 7) is 6.86. The summed E-state index contributed by atoms with van der Waals surface area (Å²) in [5, 5.41) is 7.43. The van der Waals surface area contributed by atoms with Crippen molar-refractivity contribution in [3.63, 3.8) is 0 Å². The number of nitrogens with zero attached hydrogens (tertiary/aromatic N) is 4. The molecule has 7 nitrogen and oxygen atoms in total. The molecule has 0 radical (unpaired) electrons. The van der Waals surface area contributed by atoms with Crippen LogP contribution in [-0.4, -0.2) is 67.1 Å². The first-order chi connectivity index (χ1) is 13.2. The molecule has 3 heterocycles. The molecule has 0 aromatic carbocycles. The van der Waals surface area contributed by atoms with Gasteiger partial charge in [0.25, 0.3) is 0 Å². The van der Waals surface area contributed by atoms with Gasteiger partial charge in [0, 0.05) is 51.4 Å². The number of pyridine rings is 1. The molecule has 27 heavy (non-hydrogen) atoms. The minimum atomic E-state index is 0.212. The molecule has 1 unspecified atom stereocenters. The Morgan fingerprint density at radius 2 is 2.19 bits per heavy atom. The molecule has 0 spiro atoms. The van der Waals surface area contributed by atoms with Crippen LogP contribution in [0.15, 0.2) is 23.3 Å². The Kier molecular flexibility index (Phi) is 7.15. The topological polar surface area (TPSA) is 72.9 Å². The van der Waals surface area contributed by atoms with E-state index in [1.54, 1.807) is 6.20 Å². The predicted molar refractivity (Wildman–Crippen MR) is 109 cm³/mol. The molecule has 1 amide bonds. The van der Waals surface area contributed by atoms with E-state index in [1.165, 1.54) is 0 Å². The number of likely N-dealkylation sites (tertiary alicyclic amines) is 1. The standard InChI is InChI=1S/C19H29ClN6O/c1-2-21-19(23-10-7-17(27)25-11-3-4-12-25)24-15-8-13-26(14-15)18-16(20)6-5-9-22-18/h5-6,9,15H,2-4,7-8,10-14H2,1H3,(H2,21,23,24). The van der Waals surface area contributed by atoms with Crippen molar-refractivity contribution in [2.75, 3.05) is 44.2 Å². The number of anilines is 1. The van der Waals surface area contributed by atoms with Crippen molar-refractivity contribution in [2.24, 2.45) is 4.99 Å². The summed E-state index contributed by atoms with van der Waals surface area (Å²) in [6, 6.07) is 3.99. The average molecular weight is 393 g/mol. The number of aromatic nitrogens is 1. The van der Waals surface area contributed by atoms with E-state index in [9.17, 15) is 4.79 Å². The van der Waals surface area contributed by atoms with Gasteiger partial charge in [0.05, 0.1) is 11.6 Å². The number of halogens is 1. The molecule has 2 saturated heterocycles. The average Bonchev–Trinajstić information content (AvgIpc) is 3.34. The largest absolute Gasteiger partial charge is 0.357 e. The summed E-state index contributed by atoms with van der Waals surface area (Å²) < 4.78 is 0. The SMILES string of the molecule is CCNC(=NCCC(=O)N1CCCC1)NC1CCN(c2ncccc2Cl)C1. The number of hydrogen-bond donors (Lipinski definition) is 2. The molecule has 1 aromatic rings. The van der Waals surface area contributed by atoms with Crippen LogP contribution in [0.1, 0.15) is 32.6 Å². The minimum Gasteiger partial charge on any atom is -0.357 e. The Morgan fingerprint density at radius 1 is 1.37 bits per heavy atom. The smallest absolute Gasteiger partial charge is 0.224 e. The molecule has 0 saturated carbocycles. The molecule has 2 N–H and O–H groups in total.